The molecule has 10 nitrogen and oxygen atoms in total. The Labute approximate surface area is 158 Å². The van der Waals surface area contributed by atoms with Crippen molar-refractivity contribution in [3.05, 3.63) is 32.2 Å². The number of nitrogens with one attached hydrogen (secondary N) is 2. The summed E-state index contributed by atoms with van der Waals surface area (Å²) in [6.45, 7) is 0.358. The summed E-state index contributed by atoms with van der Waals surface area (Å²) in [5, 5.41) is 7.51. The average Bonchev–Trinajstić information content (AvgIpc) is 3.31. The van der Waals surface area contributed by atoms with E-state index in [1.807, 2.05) is 0 Å². The Hall–Kier alpha value is -2.40. The lowest BCUT2D eigenvalue weighted by atomic mass is 10.1. The van der Waals surface area contributed by atoms with Crippen molar-refractivity contribution in [2.24, 2.45) is 0 Å². The standard InChI is InChI=1S/C16H22N6O4S/c1-26-7-6-22-12(17)11(14(24)19-16(22)25)10(23)8-27-15-18-13(20-21-15)9-4-2-3-5-9/h9H,2-8,17H2,1H3,(H,18,20,21)(H,19,24,25). The van der Waals surface area contributed by atoms with E-state index in [1.165, 1.54) is 20.0 Å². The first-order chi connectivity index (χ1) is 13.0. The number of methoxy groups -OCH3 is 1. The smallest absolute Gasteiger partial charge is 0.330 e. The summed E-state index contributed by atoms with van der Waals surface area (Å²) in [5.41, 5.74) is 4.21. The van der Waals surface area contributed by atoms with Crippen LogP contribution in [0.2, 0.25) is 0 Å². The van der Waals surface area contributed by atoms with E-state index in [4.69, 9.17) is 10.5 Å². The molecule has 27 heavy (non-hydrogen) atoms. The van der Waals surface area contributed by atoms with E-state index in [0.717, 1.165) is 35.0 Å². The van der Waals surface area contributed by atoms with E-state index in [1.54, 1.807) is 0 Å². The van der Waals surface area contributed by atoms with Gasteiger partial charge in [-0.2, -0.15) is 0 Å². The van der Waals surface area contributed by atoms with Crippen molar-refractivity contribution in [3.63, 3.8) is 0 Å². The fourth-order valence-corrected chi connectivity index (χ4v) is 3.85. The van der Waals surface area contributed by atoms with Crippen LogP contribution in [0.1, 0.15) is 47.8 Å². The molecule has 4 N–H and O–H groups in total. The van der Waals surface area contributed by atoms with Gasteiger partial charge < -0.3 is 10.5 Å². The SMILES string of the molecule is COCCn1c(N)c(C(=O)CSc2n[nH]c(C3CCCC3)n2)c(=O)[nH]c1=O. The third-order valence-corrected chi connectivity index (χ3v) is 5.44. The zero-order chi connectivity index (χ0) is 19.4. The highest BCUT2D eigenvalue weighted by Gasteiger charge is 2.22. The zero-order valence-electron chi connectivity index (χ0n) is 15.0. The first-order valence-corrected chi connectivity index (χ1v) is 9.69. The first kappa shape index (κ1) is 19.4. The average molecular weight is 394 g/mol. The van der Waals surface area contributed by atoms with E-state index in [0.29, 0.717) is 11.1 Å². The molecule has 11 heteroatoms. The van der Waals surface area contributed by atoms with E-state index in [2.05, 4.69) is 20.2 Å². The van der Waals surface area contributed by atoms with Crippen LogP contribution in [0.4, 0.5) is 5.82 Å². The Morgan fingerprint density at radius 3 is 2.81 bits per heavy atom. The molecule has 3 rings (SSSR count). The molecule has 0 atom stereocenters. The maximum atomic E-state index is 12.5. The number of aromatic amines is 2. The fraction of sp³-hybridized carbons (Fsp3) is 0.562. The van der Waals surface area contributed by atoms with E-state index in [9.17, 15) is 14.4 Å². The van der Waals surface area contributed by atoms with Crippen molar-refractivity contribution >= 4 is 23.4 Å². The quantitative estimate of drug-likeness (QED) is 0.433. The van der Waals surface area contributed by atoms with Crippen LogP contribution in [0.3, 0.4) is 0 Å². The highest BCUT2D eigenvalue weighted by atomic mass is 32.2. The summed E-state index contributed by atoms with van der Waals surface area (Å²) in [6, 6.07) is 0. The van der Waals surface area contributed by atoms with Crippen LogP contribution >= 0.6 is 11.8 Å². The van der Waals surface area contributed by atoms with Gasteiger partial charge in [-0.3, -0.25) is 24.2 Å². The first-order valence-electron chi connectivity index (χ1n) is 8.71. The van der Waals surface area contributed by atoms with Gasteiger partial charge in [0, 0.05) is 13.0 Å². The number of Topliss-reactive ketones (excluding diaryl/α,β-unsaturated/α-hetero) is 1. The zero-order valence-corrected chi connectivity index (χ0v) is 15.8. The van der Waals surface area contributed by atoms with Crippen molar-refractivity contribution in [2.45, 2.75) is 43.3 Å². The number of thioether (sulfide) groups is 1. The van der Waals surface area contributed by atoms with Gasteiger partial charge in [-0.05, 0) is 12.8 Å². The Bertz CT molecular complexity index is 928. The summed E-state index contributed by atoms with van der Waals surface area (Å²) in [7, 11) is 1.48. The Morgan fingerprint density at radius 1 is 1.37 bits per heavy atom. The number of hydrogen-bond acceptors (Lipinski definition) is 8. The highest BCUT2D eigenvalue weighted by molar-refractivity contribution is 7.99. The molecule has 0 aromatic carbocycles. The predicted molar refractivity (Wildman–Crippen MR) is 100 cm³/mol. The number of carbonyl (C=O) groups is 1. The summed E-state index contributed by atoms with van der Waals surface area (Å²) >= 11 is 1.12. The van der Waals surface area contributed by atoms with Crippen molar-refractivity contribution in [1.29, 1.82) is 0 Å². The number of nitrogen functional groups attached to an aromatic ring is 1. The maximum absolute atomic E-state index is 12.5. The second-order valence-electron chi connectivity index (χ2n) is 6.36. The van der Waals surface area contributed by atoms with Crippen LogP contribution in [-0.2, 0) is 11.3 Å². The van der Waals surface area contributed by atoms with Gasteiger partial charge in [-0.15, -0.1) is 5.10 Å². The van der Waals surface area contributed by atoms with Crippen LogP contribution in [0, 0.1) is 0 Å². The van der Waals surface area contributed by atoms with Gasteiger partial charge in [-0.1, -0.05) is 24.6 Å². The lowest BCUT2D eigenvalue weighted by Crippen LogP contribution is -2.37. The number of ether oxygens (including phenoxy) is 1. The molecule has 0 amide bonds. The lowest BCUT2D eigenvalue weighted by molar-refractivity contribution is 0.102. The van der Waals surface area contributed by atoms with Crippen LogP contribution in [-0.4, -0.2) is 50.0 Å². The number of anilines is 1. The summed E-state index contributed by atoms with van der Waals surface area (Å²) in [5.74, 6) is 0.529. The van der Waals surface area contributed by atoms with Gasteiger partial charge in [0.05, 0.1) is 18.9 Å². The van der Waals surface area contributed by atoms with Gasteiger partial charge in [-0.25, -0.2) is 9.78 Å². The minimum absolute atomic E-state index is 0.0578. The number of H-pyrrole nitrogens is 2. The predicted octanol–water partition coefficient (Wildman–Crippen LogP) is 0.516. The monoisotopic (exact) mass is 394 g/mol. The molecule has 2 heterocycles. The van der Waals surface area contributed by atoms with Crippen LogP contribution < -0.4 is 17.0 Å². The molecule has 0 unspecified atom stereocenters. The molecule has 0 spiro atoms. The van der Waals surface area contributed by atoms with Gasteiger partial charge in [0.15, 0.2) is 5.78 Å². The Balaban J connectivity index is 1.72. The molecule has 1 saturated carbocycles. The molecule has 0 aliphatic heterocycles. The van der Waals surface area contributed by atoms with Crippen molar-refractivity contribution in [3.8, 4) is 0 Å². The van der Waals surface area contributed by atoms with Crippen LogP contribution in [0.5, 0.6) is 0 Å². The molecule has 1 aliphatic carbocycles. The molecular formula is C16H22N6O4S. The third-order valence-electron chi connectivity index (χ3n) is 4.59. The number of nitrogens with two attached hydrogens (primary N) is 1. The largest absolute Gasteiger partial charge is 0.384 e. The van der Waals surface area contributed by atoms with Gasteiger partial charge in [0.2, 0.25) is 5.16 Å². The van der Waals surface area contributed by atoms with E-state index < -0.39 is 17.0 Å². The summed E-state index contributed by atoms with van der Waals surface area (Å²) in [6.07, 6.45) is 4.56. The summed E-state index contributed by atoms with van der Waals surface area (Å²) < 4.78 is 6.04. The second kappa shape index (κ2) is 8.53. The molecule has 1 aliphatic rings. The topological polar surface area (TPSA) is 149 Å². The Kier molecular flexibility index (Phi) is 6.11. The van der Waals surface area contributed by atoms with Crippen molar-refractivity contribution in [1.82, 2.24) is 24.7 Å². The van der Waals surface area contributed by atoms with Crippen LogP contribution in [0.15, 0.2) is 14.7 Å². The minimum atomic E-state index is -0.793. The fourth-order valence-electron chi connectivity index (χ4n) is 3.17. The molecular weight excluding hydrogens is 372 g/mol. The normalized spacial score (nSPS) is 14.7. The van der Waals surface area contributed by atoms with E-state index in [-0.39, 0.29) is 30.3 Å². The lowest BCUT2D eigenvalue weighted by Gasteiger charge is -2.11. The molecule has 2 aromatic heterocycles. The molecule has 0 bridgehead atoms. The number of aromatic nitrogens is 5. The van der Waals surface area contributed by atoms with Gasteiger partial charge in [0.1, 0.15) is 17.2 Å². The number of nitrogens with zero attached hydrogens (tertiary/aromatic N) is 3. The number of hydrogen-bond donors (Lipinski definition) is 3. The minimum Gasteiger partial charge on any atom is -0.384 e. The Morgan fingerprint density at radius 2 is 2.11 bits per heavy atom. The number of carbonyl (C=O) groups excluding carboxylic acids is 1. The highest BCUT2D eigenvalue weighted by Crippen LogP contribution is 2.32. The van der Waals surface area contributed by atoms with Gasteiger partial charge in [0.25, 0.3) is 5.56 Å². The third kappa shape index (κ3) is 4.30. The maximum Gasteiger partial charge on any atom is 0.330 e. The van der Waals surface area contributed by atoms with Gasteiger partial charge >= 0.3 is 5.69 Å². The second-order valence-corrected chi connectivity index (χ2v) is 7.30. The molecule has 1 fully saturated rings. The molecule has 146 valence electrons. The van der Waals surface area contributed by atoms with E-state index >= 15 is 0 Å². The number of rotatable bonds is 8. The van der Waals surface area contributed by atoms with Crippen molar-refractivity contribution in [2.75, 3.05) is 25.2 Å². The van der Waals surface area contributed by atoms with Crippen molar-refractivity contribution < 1.29 is 9.53 Å². The summed E-state index contributed by atoms with van der Waals surface area (Å²) in [4.78, 5) is 43.0. The van der Waals surface area contributed by atoms with Crippen LogP contribution in [0.25, 0.3) is 0 Å². The molecule has 0 radical (unpaired) electrons. The molecule has 2 aromatic rings. The molecule has 0 saturated heterocycles. The number of ketones is 1.